The molecule has 130 valence electrons. The molecule has 0 aliphatic carbocycles. The molecule has 0 unspecified atom stereocenters. The van der Waals surface area contributed by atoms with Crippen molar-refractivity contribution in [3.05, 3.63) is 70.8 Å². The Balaban J connectivity index is 1.92. The van der Waals surface area contributed by atoms with E-state index < -0.39 is 5.97 Å². The molecule has 0 atom stereocenters. The first-order chi connectivity index (χ1) is 12.0. The number of carboxylic acids is 1. The SMILES string of the molecule is CN(C)CC/C=C(\C(=O)O)c1ccc2c(c1)Cc1ccccc1CO2. The molecule has 0 amide bonds. The minimum atomic E-state index is -0.895. The van der Waals surface area contributed by atoms with Gasteiger partial charge in [0.25, 0.3) is 0 Å². The molecule has 25 heavy (non-hydrogen) atoms. The lowest BCUT2D eigenvalue weighted by Crippen LogP contribution is -2.12. The van der Waals surface area contributed by atoms with Gasteiger partial charge in [0, 0.05) is 13.0 Å². The summed E-state index contributed by atoms with van der Waals surface area (Å²) in [7, 11) is 3.96. The van der Waals surface area contributed by atoms with Gasteiger partial charge in [-0.1, -0.05) is 36.4 Å². The van der Waals surface area contributed by atoms with Crippen LogP contribution in [0.1, 0.15) is 28.7 Å². The predicted molar refractivity (Wildman–Crippen MR) is 98.8 cm³/mol. The van der Waals surface area contributed by atoms with Crippen LogP contribution in [0, 0.1) is 0 Å². The molecule has 0 saturated carbocycles. The minimum Gasteiger partial charge on any atom is -0.489 e. The Kier molecular flexibility index (Phi) is 5.19. The highest BCUT2D eigenvalue weighted by Crippen LogP contribution is 2.31. The van der Waals surface area contributed by atoms with Crippen molar-refractivity contribution in [2.45, 2.75) is 19.4 Å². The summed E-state index contributed by atoms with van der Waals surface area (Å²) in [5, 5.41) is 9.60. The maximum absolute atomic E-state index is 11.7. The van der Waals surface area contributed by atoms with E-state index in [0.717, 1.165) is 29.8 Å². The first-order valence-corrected chi connectivity index (χ1v) is 8.45. The summed E-state index contributed by atoms with van der Waals surface area (Å²) in [6.07, 6.45) is 3.25. The van der Waals surface area contributed by atoms with Gasteiger partial charge in [0.05, 0.1) is 5.57 Å². The van der Waals surface area contributed by atoms with Crippen LogP contribution in [-0.2, 0) is 17.8 Å². The van der Waals surface area contributed by atoms with Crippen LogP contribution in [0.5, 0.6) is 5.75 Å². The third-order valence-corrected chi connectivity index (χ3v) is 4.41. The maximum atomic E-state index is 11.7. The Bertz CT molecular complexity index is 809. The second-order valence-corrected chi connectivity index (χ2v) is 6.57. The van der Waals surface area contributed by atoms with E-state index >= 15 is 0 Å². The molecule has 0 saturated heterocycles. The zero-order valence-electron chi connectivity index (χ0n) is 14.7. The van der Waals surface area contributed by atoms with Gasteiger partial charge in [0.15, 0.2) is 0 Å². The van der Waals surface area contributed by atoms with Gasteiger partial charge in [0.1, 0.15) is 12.4 Å². The van der Waals surface area contributed by atoms with Gasteiger partial charge in [0.2, 0.25) is 0 Å². The number of rotatable bonds is 5. The lowest BCUT2D eigenvalue weighted by molar-refractivity contribution is -0.130. The largest absolute Gasteiger partial charge is 0.489 e. The minimum absolute atomic E-state index is 0.349. The summed E-state index contributed by atoms with van der Waals surface area (Å²) in [6, 6.07) is 13.9. The Hall–Kier alpha value is -2.59. The second-order valence-electron chi connectivity index (χ2n) is 6.57. The van der Waals surface area contributed by atoms with Crippen LogP contribution < -0.4 is 4.74 Å². The quantitative estimate of drug-likeness (QED) is 0.847. The van der Waals surface area contributed by atoms with Crippen molar-refractivity contribution in [2.24, 2.45) is 0 Å². The monoisotopic (exact) mass is 337 g/mol. The van der Waals surface area contributed by atoms with Gasteiger partial charge in [-0.25, -0.2) is 4.79 Å². The van der Waals surface area contributed by atoms with E-state index in [0.29, 0.717) is 18.6 Å². The molecule has 4 nitrogen and oxygen atoms in total. The van der Waals surface area contributed by atoms with Crippen molar-refractivity contribution in [3.8, 4) is 5.75 Å². The van der Waals surface area contributed by atoms with E-state index in [1.165, 1.54) is 11.1 Å². The third-order valence-electron chi connectivity index (χ3n) is 4.41. The lowest BCUT2D eigenvalue weighted by atomic mass is 9.96. The predicted octanol–water partition coefficient (Wildman–Crippen LogP) is 3.59. The number of benzene rings is 2. The van der Waals surface area contributed by atoms with Crippen molar-refractivity contribution >= 4 is 11.5 Å². The number of aliphatic carboxylic acids is 1. The Morgan fingerprint density at radius 3 is 2.64 bits per heavy atom. The Morgan fingerprint density at radius 2 is 1.92 bits per heavy atom. The standard InChI is InChI=1S/C21H23NO3/c1-22(2)11-5-8-19(21(23)24)16-9-10-20-18(13-16)12-15-6-3-4-7-17(15)14-25-20/h3-4,6-10,13H,5,11-12,14H2,1-2H3,(H,23,24)/b19-8-. The van der Waals surface area contributed by atoms with Gasteiger partial charge < -0.3 is 14.7 Å². The number of carbonyl (C=O) groups is 1. The van der Waals surface area contributed by atoms with Gasteiger partial charge >= 0.3 is 5.97 Å². The fourth-order valence-electron chi connectivity index (χ4n) is 3.05. The normalized spacial score (nSPS) is 13.6. The van der Waals surface area contributed by atoms with Gasteiger partial charge in [-0.3, -0.25) is 0 Å². The molecule has 1 aliphatic rings. The van der Waals surface area contributed by atoms with Gasteiger partial charge in [-0.2, -0.15) is 0 Å². The number of ether oxygens (including phenoxy) is 1. The highest BCUT2D eigenvalue weighted by molar-refractivity contribution is 6.15. The average molecular weight is 337 g/mol. The summed E-state index contributed by atoms with van der Waals surface area (Å²) in [5.41, 5.74) is 4.52. The smallest absolute Gasteiger partial charge is 0.335 e. The summed E-state index contributed by atoms with van der Waals surface area (Å²) < 4.78 is 5.91. The number of fused-ring (bicyclic) bond motifs is 2. The summed E-state index contributed by atoms with van der Waals surface area (Å²) in [5.74, 6) is -0.0633. The fourth-order valence-corrected chi connectivity index (χ4v) is 3.05. The first kappa shape index (κ1) is 17.2. The molecule has 0 radical (unpaired) electrons. The second kappa shape index (κ2) is 7.53. The Labute approximate surface area is 148 Å². The fraction of sp³-hybridized carbons (Fsp3) is 0.286. The molecule has 0 bridgehead atoms. The van der Waals surface area contributed by atoms with Crippen molar-refractivity contribution in [3.63, 3.8) is 0 Å². The van der Waals surface area contributed by atoms with E-state index in [-0.39, 0.29) is 0 Å². The number of carboxylic acid groups (broad SMARTS) is 1. The van der Waals surface area contributed by atoms with Crippen molar-refractivity contribution in [2.75, 3.05) is 20.6 Å². The highest BCUT2D eigenvalue weighted by Gasteiger charge is 2.17. The molecule has 3 rings (SSSR count). The van der Waals surface area contributed by atoms with E-state index in [1.54, 1.807) is 6.08 Å². The van der Waals surface area contributed by atoms with E-state index in [1.807, 2.05) is 49.3 Å². The lowest BCUT2D eigenvalue weighted by Gasteiger charge is -2.11. The van der Waals surface area contributed by atoms with E-state index in [9.17, 15) is 9.90 Å². The first-order valence-electron chi connectivity index (χ1n) is 8.45. The summed E-state index contributed by atoms with van der Waals surface area (Å²) in [6.45, 7) is 1.37. The van der Waals surface area contributed by atoms with Gasteiger partial charge in [-0.05, 0) is 54.9 Å². The van der Waals surface area contributed by atoms with Crippen LogP contribution in [0.4, 0.5) is 0 Å². The molecule has 4 heteroatoms. The van der Waals surface area contributed by atoms with Crippen molar-refractivity contribution in [1.82, 2.24) is 4.90 Å². The molecule has 2 aromatic rings. The van der Waals surface area contributed by atoms with Crippen molar-refractivity contribution in [1.29, 1.82) is 0 Å². The third kappa shape index (κ3) is 4.09. The van der Waals surface area contributed by atoms with Crippen LogP contribution in [0.2, 0.25) is 0 Å². The molecule has 1 aliphatic heterocycles. The molecule has 0 spiro atoms. The molecule has 1 N–H and O–H groups in total. The average Bonchev–Trinajstić information content (AvgIpc) is 2.76. The van der Waals surface area contributed by atoms with Crippen LogP contribution in [0.25, 0.3) is 5.57 Å². The summed E-state index contributed by atoms with van der Waals surface area (Å²) >= 11 is 0. The summed E-state index contributed by atoms with van der Waals surface area (Å²) in [4.78, 5) is 13.7. The zero-order chi connectivity index (χ0) is 17.8. The van der Waals surface area contributed by atoms with Crippen molar-refractivity contribution < 1.29 is 14.6 Å². The molecular weight excluding hydrogens is 314 g/mol. The Morgan fingerprint density at radius 1 is 1.16 bits per heavy atom. The van der Waals surface area contributed by atoms with Crippen LogP contribution in [0.3, 0.4) is 0 Å². The number of hydrogen-bond donors (Lipinski definition) is 1. The molecule has 2 aromatic carbocycles. The van der Waals surface area contributed by atoms with Crippen LogP contribution in [-0.4, -0.2) is 36.6 Å². The van der Waals surface area contributed by atoms with Gasteiger partial charge in [-0.15, -0.1) is 0 Å². The number of hydrogen-bond acceptors (Lipinski definition) is 3. The molecule has 0 aromatic heterocycles. The zero-order valence-corrected chi connectivity index (χ0v) is 14.7. The molecular formula is C21H23NO3. The highest BCUT2D eigenvalue weighted by atomic mass is 16.5. The van der Waals surface area contributed by atoms with E-state index in [4.69, 9.17) is 4.74 Å². The van der Waals surface area contributed by atoms with Crippen LogP contribution in [0.15, 0.2) is 48.5 Å². The van der Waals surface area contributed by atoms with E-state index in [2.05, 4.69) is 12.1 Å². The maximum Gasteiger partial charge on any atom is 0.335 e. The molecule has 0 fully saturated rings. The van der Waals surface area contributed by atoms with Crippen LogP contribution >= 0.6 is 0 Å². The topological polar surface area (TPSA) is 49.8 Å². The molecule has 1 heterocycles. The number of nitrogens with zero attached hydrogens (tertiary/aromatic N) is 1.